The van der Waals surface area contributed by atoms with E-state index in [9.17, 15) is 13.6 Å². The number of carbonyl (C=O) groups excluding carboxylic acids is 1. The summed E-state index contributed by atoms with van der Waals surface area (Å²) in [4.78, 5) is 14.2. The van der Waals surface area contributed by atoms with Gasteiger partial charge in [0.15, 0.2) is 11.6 Å². The first-order valence-corrected chi connectivity index (χ1v) is 6.36. The molecular formula is C14H13F2NO2. The smallest absolute Gasteiger partial charge is 0.235 e. The van der Waals surface area contributed by atoms with Crippen LogP contribution in [0.3, 0.4) is 0 Å². The van der Waals surface area contributed by atoms with E-state index in [0.717, 1.165) is 18.9 Å². The van der Waals surface area contributed by atoms with Crippen LogP contribution < -0.4 is 4.74 Å². The monoisotopic (exact) mass is 265 g/mol. The lowest BCUT2D eigenvalue weighted by atomic mass is 10.0. The quantitative estimate of drug-likeness (QED) is 0.606. The number of isocyanates is 1. The summed E-state index contributed by atoms with van der Waals surface area (Å²) in [6.07, 6.45) is 4.82. The molecule has 0 aliphatic heterocycles. The summed E-state index contributed by atoms with van der Waals surface area (Å²) in [6.45, 7) is 0.427. The van der Waals surface area contributed by atoms with Gasteiger partial charge in [-0.3, -0.25) is 0 Å². The Bertz CT molecular complexity index is 559. The zero-order valence-corrected chi connectivity index (χ0v) is 10.3. The molecule has 1 aromatic rings. The van der Waals surface area contributed by atoms with Gasteiger partial charge in [0.05, 0.1) is 6.61 Å². The predicted octanol–water partition coefficient (Wildman–Crippen LogP) is 3.08. The Morgan fingerprint density at radius 1 is 1.37 bits per heavy atom. The highest BCUT2D eigenvalue weighted by molar-refractivity contribution is 5.48. The van der Waals surface area contributed by atoms with Crippen molar-refractivity contribution in [3.63, 3.8) is 0 Å². The van der Waals surface area contributed by atoms with Crippen molar-refractivity contribution in [1.82, 2.24) is 0 Å². The number of aliphatic imine (C=N–C) groups is 1. The summed E-state index contributed by atoms with van der Waals surface area (Å²) < 4.78 is 32.7. The van der Waals surface area contributed by atoms with Gasteiger partial charge < -0.3 is 4.74 Å². The summed E-state index contributed by atoms with van der Waals surface area (Å²) in [5.74, 6) is -0.923. The maximum Gasteiger partial charge on any atom is 0.235 e. The molecule has 5 heteroatoms. The van der Waals surface area contributed by atoms with Crippen molar-refractivity contribution < 1.29 is 18.3 Å². The van der Waals surface area contributed by atoms with Crippen molar-refractivity contribution in [2.45, 2.75) is 31.2 Å². The fraction of sp³-hybridized carbons (Fsp3) is 0.500. The molecule has 2 aliphatic carbocycles. The number of hydrogen-bond donors (Lipinski definition) is 0. The number of halogens is 2. The third kappa shape index (κ3) is 2.38. The van der Waals surface area contributed by atoms with Gasteiger partial charge in [-0.2, -0.15) is 4.99 Å². The lowest BCUT2D eigenvalue weighted by Gasteiger charge is -2.16. The predicted molar refractivity (Wildman–Crippen MR) is 63.6 cm³/mol. The van der Waals surface area contributed by atoms with Gasteiger partial charge in [0, 0.05) is 11.6 Å². The second-order valence-corrected chi connectivity index (χ2v) is 5.25. The van der Waals surface area contributed by atoms with E-state index >= 15 is 0 Å². The Kier molecular flexibility index (Phi) is 2.86. The molecule has 2 fully saturated rings. The molecule has 0 heterocycles. The molecular weight excluding hydrogens is 252 g/mol. The fourth-order valence-corrected chi connectivity index (χ4v) is 2.19. The van der Waals surface area contributed by atoms with Gasteiger partial charge in [-0.05, 0) is 37.7 Å². The minimum absolute atomic E-state index is 0.0322. The van der Waals surface area contributed by atoms with E-state index in [4.69, 9.17) is 4.74 Å². The molecule has 0 amide bonds. The second-order valence-electron chi connectivity index (χ2n) is 5.25. The number of hydrogen-bond acceptors (Lipinski definition) is 3. The summed E-state index contributed by atoms with van der Waals surface area (Å²) in [5.41, 5.74) is -0.502. The van der Waals surface area contributed by atoms with Crippen molar-refractivity contribution in [3.05, 3.63) is 29.3 Å². The minimum Gasteiger partial charge on any atom is -0.490 e. The van der Waals surface area contributed by atoms with Gasteiger partial charge in [-0.1, -0.05) is 0 Å². The molecule has 0 unspecified atom stereocenters. The summed E-state index contributed by atoms with van der Waals surface area (Å²) >= 11 is 0. The highest BCUT2D eigenvalue weighted by atomic mass is 19.1. The van der Waals surface area contributed by atoms with Crippen LogP contribution in [0.1, 0.15) is 31.2 Å². The van der Waals surface area contributed by atoms with Crippen LogP contribution in [0.4, 0.5) is 8.78 Å². The summed E-state index contributed by atoms with van der Waals surface area (Å²) in [7, 11) is 0. The highest BCUT2D eigenvalue weighted by Crippen LogP contribution is 2.53. The van der Waals surface area contributed by atoms with Gasteiger partial charge in [0.2, 0.25) is 6.08 Å². The Labute approximate surface area is 109 Å². The molecule has 0 bridgehead atoms. The molecule has 0 radical (unpaired) electrons. The van der Waals surface area contributed by atoms with E-state index in [1.807, 2.05) is 0 Å². The van der Waals surface area contributed by atoms with Crippen LogP contribution in [-0.4, -0.2) is 12.7 Å². The maximum atomic E-state index is 13.9. The summed E-state index contributed by atoms with van der Waals surface area (Å²) in [6, 6.07) is 2.01. The molecule has 19 heavy (non-hydrogen) atoms. The zero-order chi connectivity index (χ0) is 13.5. The molecule has 3 nitrogen and oxygen atoms in total. The van der Waals surface area contributed by atoms with Crippen LogP contribution >= 0.6 is 0 Å². The first kappa shape index (κ1) is 12.3. The normalized spacial score (nSPS) is 19.7. The number of nitrogens with zero attached hydrogens (tertiary/aromatic N) is 1. The molecule has 1 aromatic carbocycles. The molecule has 3 rings (SSSR count). The SMILES string of the molecule is O=C=NC1(c2cc(F)cc(F)c2OCC2CC2)CC1. The first-order valence-electron chi connectivity index (χ1n) is 6.36. The topological polar surface area (TPSA) is 38.7 Å². The van der Waals surface area contributed by atoms with E-state index in [0.29, 0.717) is 30.9 Å². The Balaban J connectivity index is 1.97. The Morgan fingerprint density at radius 2 is 2.11 bits per heavy atom. The molecule has 0 saturated heterocycles. The number of benzene rings is 1. The van der Waals surface area contributed by atoms with Crippen molar-refractivity contribution in [3.8, 4) is 5.75 Å². The van der Waals surface area contributed by atoms with Gasteiger partial charge in [0.1, 0.15) is 11.4 Å². The van der Waals surface area contributed by atoms with E-state index < -0.39 is 17.2 Å². The molecule has 0 spiro atoms. The summed E-state index contributed by atoms with van der Waals surface area (Å²) in [5, 5.41) is 0. The highest BCUT2D eigenvalue weighted by Gasteiger charge is 2.48. The van der Waals surface area contributed by atoms with Gasteiger partial charge in [0.25, 0.3) is 0 Å². The molecule has 2 aliphatic rings. The molecule has 100 valence electrons. The molecule has 2 saturated carbocycles. The standard InChI is InChI=1S/C14H13F2NO2/c15-10-5-11(14(3-4-14)17-8-18)13(12(16)6-10)19-7-9-1-2-9/h5-6,9H,1-4,7H2. The Morgan fingerprint density at radius 3 is 2.68 bits per heavy atom. The third-order valence-corrected chi connectivity index (χ3v) is 3.65. The lowest BCUT2D eigenvalue weighted by Crippen LogP contribution is -2.10. The average molecular weight is 265 g/mol. The van der Waals surface area contributed by atoms with Crippen molar-refractivity contribution in [1.29, 1.82) is 0 Å². The first-order chi connectivity index (χ1) is 9.14. The van der Waals surface area contributed by atoms with Crippen molar-refractivity contribution in [2.75, 3.05) is 6.61 Å². The van der Waals surface area contributed by atoms with Crippen LogP contribution in [0.25, 0.3) is 0 Å². The van der Waals surface area contributed by atoms with Crippen molar-refractivity contribution >= 4 is 6.08 Å². The van der Waals surface area contributed by atoms with E-state index in [1.165, 1.54) is 12.1 Å². The van der Waals surface area contributed by atoms with Crippen LogP contribution in [0, 0.1) is 17.6 Å². The van der Waals surface area contributed by atoms with E-state index in [1.54, 1.807) is 0 Å². The van der Waals surface area contributed by atoms with Crippen LogP contribution in [0.5, 0.6) is 5.75 Å². The van der Waals surface area contributed by atoms with Crippen LogP contribution in [0.15, 0.2) is 17.1 Å². The van der Waals surface area contributed by atoms with Gasteiger partial charge >= 0.3 is 0 Å². The lowest BCUT2D eigenvalue weighted by molar-refractivity contribution is 0.278. The number of rotatable bonds is 5. The zero-order valence-electron chi connectivity index (χ0n) is 10.3. The van der Waals surface area contributed by atoms with Gasteiger partial charge in [-0.15, -0.1) is 0 Å². The molecule has 0 N–H and O–H groups in total. The second kappa shape index (κ2) is 4.42. The van der Waals surface area contributed by atoms with Crippen molar-refractivity contribution in [2.24, 2.45) is 10.9 Å². The largest absolute Gasteiger partial charge is 0.490 e. The minimum atomic E-state index is -0.830. The number of ether oxygens (including phenoxy) is 1. The third-order valence-electron chi connectivity index (χ3n) is 3.65. The Hall–Kier alpha value is -1.74. The molecule has 0 atom stereocenters. The van der Waals surface area contributed by atoms with E-state index in [2.05, 4.69) is 4.99 Å². The van der Waals surface area contributed by atoms with Crippen LogP contribution in [0.2, 0.25) is 0 Å². The van der Waals surface area contributed by atoms with E-state index in [-0.39, 0.29) is 5.75 Å². The fourth-order valence-electron chi connectivity index (χ4n) is 2.19. The maximum absolute atomic E-state index is 13.9. The molecule has 0 aromatic heterocycles. The van der Waals surface area contributed by atoms with Gasteiger partial charge in [-0.25, -0.2) is 13.6 Å². The average Bonchev–Trinajstić information content (AvgIpc) is 3.23. The van der Waals surface area contributed by atoms with Crippen LogP contribution in [-0.2, 0) is 10.3 Å².